The third kappa shape index (κ3) is 4.53. The van der Waals surface area contributed by atoms with Crippen LogP contribution in [0.5, 0.6) is 5.75 Å². The summed E-state index contributed by atoms with van der Waals surface area (Å²) in [6, 6.07) is 2.92. The van der Waals surface area contributed by atoms with Crippen LogP contribution in [0.15, 0.2) is 18.2 Å². The van der Waals surface area contributed by atoms with Crippen molar-refractivity contribution in [2.45, 2.75) is 39.2 Å². The van der Waals surface area contributed by atoms with Gasteiger partial charge in [-0.3, -0.25) is 0 Å². The molecule has 134 valence electrons. The van der Waals surface area contributed by atoms with E-state index in [1.807, 2.05) is 13.8 Å². The number of rotatable bonds is 3. The first kappa shape index (κ1) is 18.4. The molecule has 2 amide bonds. The Hall–Kier alpha value is -1.96. The Balaban J connectivity index is 2.20. The maximum Gasteiger partial charge on any atom is 0.418 e. The predicted molar refractivity (Wildman–Crippen MR) is 83.2 cm³/mol. The number of carbonyl (C=O) groups excluding carboxylic acids is 1. The monoisotopic (exact) mass is 346 g/mol. The first-order valence-corrected chi connectivity index (χ1v) is 7.76. The van der Waals surface area contributed by atoms with Gasteiger partial charge in [-0.05, 0) is 39.0 Å². The summed E-state index contributed by atoms with van der Waals surface area (Å²) in [5.41, 5.74) is -1.22. The van der Waals surface area contributed by atoms with Crippen LogP contribution >= 0.6 is 0 Å². The second-order valence-corrected chi connectivity index (χ2v) is 5.73. The molecule has 8 heteroatoms. The van der Waals surface area contributed by atoms with Crippen molar-refractivity contribution in [2.24, 2.45) is 0 Å². The smallest absolute Gasteiger partial charge is 0.418 e. The Bertz CT molecular complexity index is 582. The van der Waals surface area contributed by atoms with Crippen molar-refractivity contribution in [1.29, 1.82) is 0 Å². The molecule has 0 radical (unpaired) electrons. The molecule has 0 spiro atoms. The highest BCUT2D eigenvalue weighted by atomic mass is 19.4. The summed E-state index contributed by atoms with van der Waals surface area (Å²) >= 11 is 0. The number of nitrogens with zero attached hydrogens (tertiary/aromatic N) is 1. The highest BCUT2D eigenvalue weighted by molar-refractivity contribution is 5.90. The van der Waals surface area contributed by atoms with Gasteiger partial charge in [-0.1, -0.05) is 0 Å². The van der Waals surface area contributed by atoms with Gasteiger partial charge in [0, 0.05) is 13.1 Å². The fraction of sp³-hybridized carbons (Fsp3) is 0.562. The minimum Gasteiger partial charge on any atom is -0.494 e. The molecular formula is C16H21F3N2O3. The van der Waals surface area contributed by atoms with E-state index in [0.29, 0.717) is 13.1 Å². The summed E-state index contributed by atoms with van der Waals surface area (Å²) in [6.45, 7) is 6.22. The molecule has 2 rings (SSSR count). The van der Waals surface area contributed by atoms with Gasteiger partial charge in [0.2, 0.25) is 0 Å². The van der Waals surface area contributed by atoms with Crippen LogP contribution in [0.3, 0.4) is 0 Å². The summed E-state index contributed by atoms with van der Waals surface area (Å²) in [7, 11) is 0. The van der Waals surface area contributed by atoms with Crippen LogP contribution in [0.2, 0.25) is 0 Å². The second kappa shape index (κ2) is 7.29. The zero-order valence-corrected chi connectivity index (χ0v) is 13.8. The molecular weight excluding hydrogens is 325 g/mol. The molecule has 0 aromatic heterocycles. The third-order valence-corrected chi connectivity index (χ3v) is 3.56. The van der Waals surface area contributed by atoms with Crippen LogP contribution in [0, 0.1) is 0 Å². The molecule has 0 aliphatic carbocycles. The lowest BCUT2D eigenvalue weighted by atomic mass is 10.1. The van der Waals surface area contributed by atoms with Gasteiger partial charge in [-0.25, -0.2) is 4.79 Å². The minimum absolute atomic E-state index is 0.108. The van der Waals surface area contributed by atoms with E-state index < -0.39 is 17.8 Å². The van der Waals surface area contributed by atoms with Gasteiger partial charge in [-0.15, -0.1) is 0 Å². The van der Waals surface area contributed by atoms with Gasteiger partial charge in [0.05, 0.1) is 30.1 Å². The first-order valence-electron chi connectivity index (χ1n) is 7.76. The standard InChI is InChI=1S/C16H21F3N2O3/c1-4-23-12-5-6-14(13(7-12)16(17,18)19)20-15(22)21-8-10(2)24-11(3)9-21/h5-7,10-11H,4,8-9H2,1-3H3,(H,20,22)/t10-,11+. The number of amides is 2. The molecule has 5 nitrogen and oxygen atoms in total. The molecule has 1 fully saturated rings. The van der Waals surface area contributed by atoms with E-state index >= 15 is 0 Å². The number of nitrogens with one attached hydrogen (secondary N) is 1. The highest BCUT2D eigenvalue weighted by Gasteiger charge is 2.35. The number of alkyl halides is 3. The molecule has 2 atom stereocenters. The lowest BCUT2D eigenvalue weighted by molar-refractivity contribution is -0.137. The third-order valence-electron chi connectivity index (χ3n) is 3.56. The maximum atomic E-state index is 13.2. The van der Waals surface area contributed by atoms with Crippen molar-refractivity contribution < 1.29 is 27.4 Å². The fourth-order valence-electron chi connectivity index (χ4n) is 2.66. The molecule has 1 saturated heterocycles. The molecule has 0 bridgehead atoms. The fourth-order valence-corrected chi connectivity index (χ4v) is 2.66. The van der Waals surface area contributed by atoms with Crippen molar-refractivity contribution >= 4 is 11.7 Å². The van der Waals surface area contributed by atoms with Gasteiger partial charge in [-0.2, -0.15) is 13.2 Å². The number of anilines is 1. The van der Waals surface area contributed by atoms with Gasteiger partial charge < -0.3 is 19.7 Å². The summed E-state index contributed by atoms with van der Waals surface area (Å²) in [5, 5.41) is 2.35. The summed E-state index contributed by atoms with van der Waals surface area (Å²) in [4.78, 5) is 13.8. The topological polar surface area (TPSA) is 50.8 Å². The van der Waals surface area contributed by atoms with Gasteiger partial charge >= 0.3 is 12.2 Å². The zero-order chi connectivity index (χ0) is 17.9. The minimum atomic E-state index is -4.60. The summed E-state index contributed by atoms with van der Waals surface area (Å²) in [6.07, 6.45) is -4.93. The maximum absolute atomic E-state index is 13.2. The predicted octanol–water partition coefficient (Wildman–Crippen LogP) is 3.75. The van der Waals surface area contributed by atoms with Crippen LogP contribution in [0.25, 0.3) is 0 Å². The average Bonchev–Trinajstić information content (AvgIpc) is 2.47. The Morgan fingerprint density at radius 2 is 1.96 bits per heavy atom. The largest absolute Gasteiger partial charge is 0.494 e. The SMILES string of the molecule is CCOc1ccc(NC(=O)N2C[C@@H](C)O[C@@H](C)C2)c(C(F)(F)F)c1. The Kier molecular flexibility index (Phi) is 5.58. The lowest BCUT2D eigenvalue weighted by Crippen LogP contribution is -2.49. The Morgan fingerprint density at radius 1 is 1.33 bits per heavy atom. The van der Waals surface area contributed by atoms with Crippen molar-refractivity contribution in [3.63, 3.8) is 0 Å². The van der Waals surface area contributed by atoms with Crippen LogP contribution in [0.4, 0.5) is 23.7 Å². The molecule has 0 saturated carbocycles. The van der Waals surface area contributed by atoms with E-state index in [9.17, 15) is 18.0 Å². The zero-order valence-electron chi connectivity index (χ0n) is 13.8. The van der Waals surface area contributed by atoms with Gasteiger partial charge in [0.25, 0.3) is 0 Å². The average molecular weight is 346 g/mol. The van der Waals surface area contributed by atoms with Gasteiger partial charge in [0.1, 0.15) is 5.75 Å². The number of hydrogen-bond acceptors (Lipinski definition) is 3. The number of halogens is 3. The molecule has 1 aromatic rings. The van der Waals surface area contributed by atoms with E-state index in [-0.39, 0.29) is 30.3 Å². The number of carbonyl (C=O) groups is 1. The molecule has 1 aliphatic heterocycles. The van der Waals surface area contributed by atoms with Crippen LogP contribution < -0.4 is 10.1 Å². The van der Waals surface area contributed by atoms with Gasteiger partial charge in [0.15, 0.2) is 0 Å². The van der Waals surface area contributed by atoms with Crippen molar-refractivity contribution in [3.05, 3.63) is 23.8 Å². The number of benzene rings is 1. The molecule has 0 unspecified atom stereocenters. The van der Waals surface area contributed by atoms with E-state index in [1.165, 1.54) is 17.0 Å². The highest BCUT2D eigenvalue weighted by Crippen LogP contribution is 2.37. The second-order valence-electron chi connectivity index (χ2n) is 5.73. The molecule has 1 aliphatic rings. The number of urea groups is 1. The van der Waals surface area contributed by atoms with Crippen LogP contribution in [0.1, 0.15) is 26.3 Å². The lowest BCUT2D eigenvalue weighted by Gasteiger charge is -2.35. The van der Waals surface area contributed by atoms with E-state index in [2.05, 4.69) is 5.32 Å². The van der Waals surface area contributed by atoms with E-state index in [1.54, 1.807) is 6.92 Å². The molecule has 1 heterocycles. The van der Waals surface area contributed by atoms with E-state index in [0.717, 1.165) is 6.07 Å². The summed E-state index contributed by atoms with van der Waals surface area (Å²) in [5.74, 6) is 0.108. The van der Waals surface area contributed by atoms with Crippen molar-refractivity contribution in [1.82, 2.24) is 4.90 Å². The molecule has 1 aromatic carbocycles. The molecule has 24 heavy (non-hydrogen) atoms. The van der Waals surface area contributed by atoms with Crippen molar-refractivity contribution in [2.75, 3.05) is 25.0 Å². The first-order chi connectivity index (χ1) is 11.2. The number of hydrogen-bond donors (Lipinski definition) is 1. The van der Waals surface area contributed by atoms with Crippen LogP contribution in [-0.4, -0.2) is 42.8 Å². The molecule has 1 N–H and O–H groups in total. The number of ether oxygens (including phenoxy) is 2. The Morgan fingerprint density at radius 3 is 2.50 bits per heavy atom. The quantitative estimate of drug-likeness (QED) is 0.907. The normalized spacial score (nSPS) is 21.5. The number of morpholine rings is 1. The van der Waals surface area contributed by atoms with Crippen molar-refractivity contribution in [3.8, 4) is 5.75 Å². The van der Waals surface area contributed by atoms with Crippen LogP contribution in [-0.2, 0) is 10.9 Å². The van der Waals surface area contributed by atoms with E-state index in [4.69, 9.17) is 9.47 Å². The summed E-state index contributed by atoms with van der Waals surface area (Å²) < 4.78 is 50.4. The Labute approximate surface area is 138 Å².